The van der Waals surface area contributed by atoms with Gasteiger partial charge < -0.3 is 10.5 Å². The molecule has 0 aliphatic heterocycles. The van der Waals surface area contributed by atoms with E-state index in [1.807, 2.05) is 6.07 Å². The van der Waals surface area contributed by atoms with Gasteiger partial charge in [0.15, 0.2) is 0 Å². The van der Waals surface area contributed by atoms with Gasteiger partial charge >= 0.3 is 0 Å². The van der Waals surface area contributed by atoms with Crippen molar-refractivity contribution in [2.24, 2.45) is 11.7 Å². The lowest BCUT2D eigenvalue weighted by molar-refractivity contribution is 0.152. The number of methoxy groups -OCH3 is 1. The summed E-state index contributed by atoms with van der Waals surface area (Å²) < 4.78 is 18.3. The first-order chi connectivity index (χ1) is 8.04. The zero-order valence-electron chi connectivity index (χ0n) is 10.2. The van der Waals surface area contributed by atoms with Crippen LogP contribution in [0.1, 0.15) is 18.9 Å². The van der Waals surface area contributed by atoms with Crippen molar-refractivity contribution < 1.29 is 9.13 Å². The van der Waals surface area contributed by atoms with Gasteiger partial charge in [0.1, 0.15) is 5.82 Å². The van der Waals surface area contributed by atoms with E-state index in [1.54, 1.807) is 13.2 Å². The smallest absolute Gasteiger partial charge is 0.142 e. The Morgan fingerprint density at radius 3 is 2.82 bits per heavy atom. The highest BCUT2D eigenvalue weighted by Crippen LogP contribution is 2.21. The molecule has 0 radical (unpaired) electrons. The topological polar surface area (TPSA) is 35.2 Å². The van der Waals surface area contributed by atoms with Crippen LogP contribution >= 0.6 is 11.6 Å². The zero-order chi connectivity index (χ0) is 12.8. The molecule has 0 saturated heterocycles. The fourth-order valence-electron chi connectivity index (χ4n) is 1.94. The average Bonchev–Trinajstić information content (AvgIpc) is 2.25. The first-order valence-electron chi connectivity index (χ1n) is 5.72. The molecule has 0 aromatic heterocycles. The third-order valence-corrected chi connectivity index (χ3v) is 3.09. The summed E-state index contributed by atoms with van der Waals surface area (Å²) in [5.74, 6) is 0.00337. The van der Waals surface area contributed by atoms with Crippen LogP contribution in [0, 0.1) is 11.7 Å². The minimum Gasteiger partial charge on any atom is -0.384 e. The molecule has 0 aliphatic rings. The summed E-state index contributed by atoms with van der Waals surface area (Å²) in [5.41, 5.74) is 6.79. The Hall–Kier alpha value is -0.640. The van der Waals surface area contributed by atoms with E-state index in [1.165, 1.54) is 6.07 Å². The van der Waals surface area contributed by atoms with E-state index in [0.29, 0.717) is 18.9 Å². The molecule has 2 unspecified atom stereocenters. The molecule has 2 N–H and O–H groups in total. The van der Waals surface area contributed by atoms with Gasteiger partial charge in [-0.3, -0.25) is 0 Å². The van der Waals surface area contributed by atoms with Gasteiger partial charge in [0.05, 0.1) is 5.02 Å². The maximum Gasteiger partial charge on any atom is 0.142 e. The molecule has 0 amide bonds. The van der Waals surface area contributed by atoms with Crippen LogP contribution < -0.4 is 5.73 Å². The molecule has 2 nitrogen and oxygen atoms in total. The highest BCUT2D eigenvalue weighted by Gasteiger charge is 2.13. The number of benzene rings is 1. The normalized spacial score (nSPS) is 14.6. The molecule has 0 spiro atoms. The van der Waals surface area contributed by atoms with Crippen molar-refractivity contribution in [1.82, 2.24) is 0 Å². The van der Waals surface area contributed by atoms with Crippen LogP contribution in [-0.2, 0) is 11.2 Å². The van der Waals surface area contributed by atoms with Crippen LogP contribution in [-0.4, -0.2) is 19.8 Å². The second kappa shape index (κ2) is 6.94. The van der Waals surface area contributed by atoms with Crippen LogP contribution in [0.2, 0.25) is 5.02 Å². The van der Waals surface area contributed by atoms with E-state index < -0.39 is 0 Å². The third-order valence-electron chi connectivity index (χ3n) is 2.67. The van der Waals surface area contributed by atoms with E-state index in [2.05, 4.69) is 6.92 Å². The van der Waals surface area contributed by atoms with Crippen LogP contribution in [0.25, 0.3) is 0 Å². The van der Waals surface area contributed by atoms with Crippen LogP contribution in [0.3, 0.4) is 0 Å². The molecule has 4 heteroatoms. The number of nitrogens with two attached hydrogens (primary N) is 1. The highest BCUT2D eigenvalue weighted by atomic mass is 35.5. The van der Waals surface area contributed by atoms with Crippen molar-refractivity contribution in [3.05, 3.63) is 34.6 Å². The van der Waals surface area contributed by atoms with Crippen molar-refractivity contribution in [1.29, 1.82) is 0 Å². The Bertz CT molecular complexity index is 359. The number of rotatable bonds is 6. The molecule has 1 rings (SSSR count). The predicted octanol–water partition coefficient (Wildman–Crippen LogP) is 3.02. The summed E-state index contributed by atoms with van der Waals surface area (Å²) in [4.78, 5) is 0. The van der Waals surface area contributed by atoms with Crippen molar-refractivity contribution in [2.45, 2.75) is 25.8 Å². The zero-order valence-corrected chi connectivity index (χ0v) is 11.0. The van der Waals surface area contributed by atoms with Gasteiger partial charge in [0.2, 0.25) is 0 Å². The molecule has 0 heterocycles. The van der Waals surface area contributed by atoms with E-state index >= 15 is 0 Å². The first-order valence-corrected chi connectivity index (χ1v) is 6.09. The Labute approximate surface area is 107 Å². The molecule has 0 bridgehead atoms. The van der Waals surface area contributed by atoms with Crippen molar-refractivity contribution in [2.75, 3.05) is 13.7 Å². The van der Waals surface area contributed by atoms with E-state index in [-0.39, 0.29) is 16.9 Å². The summed E-state index contributed by atoms with van der Waals surface area (Å²) in [6, 6.07) is 4.79. The van der Waals surface area contributed by atoms with Gasteiger partial charge in [-0.1, -0.05) is 30.7 Å². The van der Waals surface area contributed by atoms with Gasteiger partial charge in [0.25, 0.3) is 0 Å². The summed E-state index contributed by atoms with van der Waals surface area (Å²) in [7, 11) is 1.67. The largest absolute Gasteiger partial charge is 0.384 e. The van der Waals surface area contributed by atoms with Crippen LogP contribution in [0.5, 0.6) is 0 Å². The molecule has 1 aromatic rings. The molecule has 96 valence electrons. The van der Waals surface area contributed by atoms with Gasteiger partial charge in [-0.05, 0) is 30.4 Å². The number of ether oxygens (including phenoxy) is 1. The maximum absolute atomic E-state index is 13.2. The monoisotopic (exact) mass is 259 g/mol. The van der Waals surface area contributed by atoms with Crippen LogP contribution in [0.4, 0.5) is 4.39 Å². The molecule has 0 saturated carbocycles. The maximum atomic E-state index is 13.2. The molecule has 1 aromatic carbocycles. The summed E-state index contributed by atoms with van der Waals surface area (Å²) in [5, 5.41) is 0.183. The average molecular weight is 260 g/mol. The lowest BCUT2D eigenvalue weighted by Crippen LogP contribution is -2.26. The van der Waals surface area contributed by atoms with Crippen LogP contribution in [0.15, 0.2) is 18.2 Å². The Balaban J connectivity index is 2.56. The Morgan fingerprint density at radius 2 is 2.18 bits per heavy atom. The van der Waals surface area contributed by atoms with Crippen molar-refractivity contribution >= 4 is 11.6 Å². The van der Waals surface area contributed by atoms with E-state index in [9.17, 15) is 4.39 Å². The number of halogens is 2. The van der Waals surface area contributed by atoms with E-state index in [4.69, 9.17) is 22.1 Å². The summed E-state index contributed by atoms with van der Waals surface area (Å²) in [6.45, 7) is 2.77. The molecule has 2 atom stereocenters. The molecular weight excluding hydrogens is 241 g/mol. The molecule has 0 fully saturated rings. The minimum atomic E-state index is -0.388. The SMILES string of the molecule is COCC(C)CC(N)Cc1cccc(F)c1Cl. The van der Waals surface area contributed by atoms with Crippen molar-refractivity contribution in [3.8, 4) is 0 Å². The first kappa shape index (κ1) is 14.4. The fraction of sp³-hybridized carbons (Fsp3) is 0.538. The van der Waals surface area contributed by atoms with Gasteiger partial charge in [0, 0.05) is 19.8 Å². The summed E-state index contributed by atoms with van der Waals surface area (Å²) >= 11 is 5.88. The highest BCUT2D eigenvalue weighted by molar-refractivity contribution is 6.31. The van der Waals surface area contributed by atoms with Gasteiger partial charge in [-0.2, -0.15) is 0 Å². The lowest BCUT2D eigenvalue weighted by atomic mass is 9.97. The number of hydrogen-bond donors (Lipinski definition) is 1. The molecule has 17 heavy (non-hydrogen) atoms. The van der Waals surface area contributed by atoms with Gasteiger partial charge in [-0.15, -0.1) is 0 Å². The second-order valence-corrected chi connectivity index (χ2v) is 4.85. The van der Waals surface area contributed by atoms with E-state index in [0.717, 1.165) is 12.0 Å². The Kier molecular flexibility index (Phi) is 5.89. The standard InChI is InChI=1S/C13H19ClFNO/c1-9(8-17-2)6-11(16)7-10-4-3-5-12(15)13(10)14/h3-5,9,11H,6-8,16H2,1-2H3. The quantitative estimate of drug-likeness (QED) is 0.852. The minimum absolute atomic E-state index is 0.0283. The molecule has 0 aliphatic carbocycles. The third kappa shape index (κ3) is 4.62. The van der Waals surface area contributed by atoms with Gasteiger partial charge in [-0.25, -0.2) is 4.39 Å². The fourth-order valence-corrected chi connectivity index (χ4v) is 2.14. The summed E-state index contributed by atoms with van der Waals surface area (Å²) in [6.07, 6.45) is 1.42. The predicted molar refractivity (Wildman–Crippen MR) is 68.7 cm³/mol. The molecular formula is C13H19ClFNO. The number of hydrogen-bond acceptors (Lipinski definition) is 2. The second-order valence-electron chi connectivity index (χ2n) is 4.47. The Morgan fingerprint density at radius 1 is 1.47 bits per heavy atom. The lowest BCUT2D eigenvalue weighted by Gasteiger charge is -2.17. The van der Waals surface area contributed by atoms with Crippen molar-refractivity contribution in [3.63, 3.8) is 0 Å².